The van der Waals surface area contributed by atoms with E-state index in [1.54, 1.807) is 6.20 Å². The van der Waals surface area contributed by atoms with Crippen molar-refractivity contribution in [3.05, 3.63) is 90.0 Å². The second kappa shape index (κ2) is 11.1. The van der Waals surface area contributed by atoms with Crippen LogP contribution in [0.25, 0.3) is 0 Å². The highest BCUT2D eigenvalue weighted by Gasteiger charge is 2.26. The van der Waals surface area contributed by atoms with Crippen LogP contribution < -0.4 is 5.32 Å². The summed E-state index contributed by atoms with van der Waals surface area (Å²) in [5.74, 6) is 1.05. The molecule has 1 aromatic heterocycles. The molecule has 0 spiro atoms. The lowest BCUT2D eigenvalue weighted by molar-refractivity contribution is -0.121. The number of hydrogen-bond donors (Lipinski definition) is 1. The molecule has 1 amide bonds. The number of imidazole rings is 1. The predicted molar refractivity (Wildman–Crippen MR) is 127 cm³/mol. The van der Waals surface area contributed by atoms with Gasteiger partial charge in [0.2, 0.25) is 5.91 Å². The summed E-state index contributed by atoms with van der Waals surface area (Å²) < 4.78 is 2.01. The van der Waals surface area contributed by atoms with Crippen LogP contribution in [0.4, 0.5) is 0 Å². The van der Waals surface area contributed by atoms with Crippen LogP contribution in [0.2, 0.25) is 0 Å². The molecule has 32 heavy (non-hydrogen) atoms. The fourth-order valence-corrected chi connectivity index (χ4v) is 4.43. The number of benzene rings is 2. The van der Waals surface area contributed by atoms with E-state index in [1.807, 2.05) is 17.7 Å². The van der Waals surface area contributed by atoms with Gasteiger partial charge in [0.1, 0.15) is 5.82 Å². The Morgan fingerprint density at radius 3 is 2.12 bits per heavy atom. The molecule has 0 radical (unpaired) electrons. The molecule has 3 aromatic rings. The molecule has 1 saturated heterocycles. The van der Waals surface area contributed by atoms with Crippen molar-refractivity contribution in [2.45, 2.75) is 25.9 Å². The molecule has 4 rings (SSSR count). The number of nitrogens with zero attached hydrogens (tertiary/aromatic N) is 4. The summed E-state index contributed by atoms with van der Waals surface area (Å²) in [6.45, 7) is 8.28. The van der Waals surface area contributed by atoms with E-state index in [-0.39, 0.29) is 11.9 Å². The fraction of sp³-hybridized carbons (Fsp3) is 0.385. The first-order valence-electron chi connectivity index (χ1n) is 11.5. The number of nitrogens with one attached hydrogen (secondary N) is 1. The molecule has 6 nitrogen and oxygen atoms in total. The quantitative estimate of drug-likeness (QED) is 0.566. The van der Waals surface area contributed by atoms with E-state index in [4.69, 9.17) is 0 Å². The van der Waals surface area contributed by atoms with E-state index in [1.165, 1.54) is 11.1 Å². The molecular weight excluding hydrogens is 398 g/mol. The lowest BCUT2D eigenvalue weighted by atomic mass is 9.96. The lowest BCUT2D eigenvalue weighted by Gasteiger charge is -2.39. The smallest absolute Gasteiger partial charge is 0.221 e. The van der Waals surface area contributed by atoms with Crippen molar-refractivity contribution < 1.29 is 4.79 Å². The summed E-state index contributed by atoms with van der Waals surface area (Å²) in [5, 5.41) is 3.07. The summed E-state index contributed by atoms with van der Waals surface area (Å²) >= 11 is 0. The molecule has 0 aliphatic carbocycles. The Balaban J connectivity index is 1.24. The van der Waals surface area contributed by atoms with E-state index in [0.29, 0.717) is 19.5 Å². The molecule has 0 saturated carbocycles. The van der Waals surface area contributed by atoms with Crippen LogP contribution in [0.5, 0.6) is 0 Å². The summed E-state index contributed by atoms with van der Waals surface area (Å²) in [6, 6.07) is 21.8. The van der Waals surface area contributed by atoms with Gasteiger partial charge in [-0.3, -0.25) is 14.6 Å². The van der Waals surface area contributed by atoms with Crippen molar-refractivity contribution in [1.82, 2.24) is 24.7 Å². The molecule has 1 N–H and O–H groups in total. The zero-order valence-corrected chi connectivity index (χ0v) is 18.9. The van der Waals surface area contributed by atoms with Gasteiger partial charge in [0.25, 0.3) is 0 Å². The monoisotopic (exact) mass is 431 g/mol. The normalized spacial score (nSPS) is 15.2. The van der Waals surface area contributed by atoms with Crippen LogP contribution in [0.15, 0.2) is 73.1 Å². The average molecular weight is 432 g/mol. The number of rotatable bonds is 9. The largest absolute Gasteiger partial charge is 0.355 e. The molecule has 0 atom stereocenters. The van der Waals surface area contributed by atoms with Crippen molar-refractivity contribution in [2.24, 2.45) is 0 Å². The Bertz CT molecular complexity index is 925. The molecule has 1 aliphatic rings. The van der Waals surface area contributed by atoms with E-state index in [9.17, 15) is 4.79 Å². The van der Waals surface area contributed by atoms with Gasteiger partial charge >= 0.3 is 0 Å². The van der Waals surface area contributed by atoms with Crippen molar-refractivity contribution in [1.29, 1.82) is 0 Å². The van der Waals surface area contributed by atoms with Crippen LogP contribution in [0.1, 0.15) is 29.4 Å². The third kappa shape index (κ3) is 5.84. The molecule has 2 aromatic carbocycles. The second-order valence-electron chi connectivity index (χ2n) is 8.37. The Morgan fingerprint density at radius 2 is 1.56 bits per heavy atom. The van der Waals surface area contributed by atoms with Crippen molar-refractivity contribution in [3.63, 3.8) is 0 Å². The molecule has 1 fully saturated rings. The third-order valence-corrected chi connectivity index (χ3v) is 6.26. The minimum Gasteiger partial charge on any atom is -0.355 e. The summed E-state index contributed by atoms with van der Waals surface area (Å²) in [4.78, 5) is 21.4. The van der Waals surface area contributed by atoms with Crippen molar-refractivity contribution in [2.75, 3.05) is 39.3 Å². The van der Waals surface area contributed by atoms with Crippen molar-refractivity contribution in [3.8, 4) is 0 Å². The van der Waals surface area contributed by atoms with Crippen molar-refractivity contribution >= 4 is 5.91 Å². The van der Waals surface area contributed by atoms with Gasteiger partial charge in [0.15, 0.2) is 0 Å². The molecule has 2 heterocycles. The Labute approximate surface area is 190 Å². The fourth-order valence-electron chi connectivity index (χ4n) is 4.43. The van der Waals surface area contributed by atoms with E-state index >= 15 is 0 Å². The number of carbonyl (C=O) groups is 1. The van der Waals surface area contributed by atoms with Gasteiger partial charge in [-0.25, -0.2) is 4.98 Å². The minimum absolute atomic E-state index is 0.102. The molecule has 0 bridgehead atoms. The number of piperazine rings is 1. The van der Waals surface area contributed by atoms with E-state index < -0.39 is 0 Å². The summed E-state index contributed by atoms with van der Waals surface area (Å²) in [5.41, 5.74) is 2.68. The molecule has 6 heteroatoms. The van der Waals surface area contributed by atoms with Crippen LogP contribution in [-0.2, 0) is 11.3 Å². The summed E-state index contributed by atoms with van der Waals surface area (Å²) in [7, 11) is 0. The first kappa shape index (κ1) is 22.2. The maximum atomic E-state index is 12.2. The first-order valence-corrected chi connectivity index (χ1v) is 11.5. The van der Waals surface area contributed by atoms with Gasteiger partial charge in [-0.2, -0.15) is 0 Å². The maximum Gasteiger partial charge on any atom is 0.221 e. The predicted octanol–water partition coefficient (Wildman–Crippen LogP) is 3.11. The highest BCUT2D eigenvalue weighted by Crippen LogP contribution is 2.29. The van der Waals surface area contributed by atoms with Gasteiger partial charge < -0.3 is 9.88 Å². The maximum absolute atomic E-state index is 12.2. The van der Waals surface area contributed by atoms with Gasteiger partial charge in [-0.05, 0) is 18.1 Å². The molecule has 0 unspecified atom stereocenters. The highest BCUT2D eigenvalue weighted by atomic mass is 16.1. The average Bonchev–Trinajstić information content (AvgIpc) is 3.25. The van der Waals surface area contributed by atoms with Crippen LogP contribution in [0.3, 0.4) is 0 Å². The van der Waals surface area contributed by atoms with Gasteiger partial charge in [0, 0.05) is 64.6 Å². The number of amides is 1. The van der Waals surface area contributed by atoms with E-state index in [0.717, 1.165) is 38.5 Å². The van der Waals surface area contributed by atoms with Gasteiger partial charge in [-0.15, -0.1) is 0 Å². The summed E-state index contributed by atoms with van der Waals surface area (Å²) in [6.07, 6.45) is 4.17. The zero-order chi connectivity index (χ0) is 22.2. The first-order chi connectivity index (χ1) is 15.7. The lowest BCUT2D eigenvalue weighted by Crippen LogP contribution is -2.49. The van der Waals surface area contributed by atoms with Gasteiger partial charge in [0.05, 0.1) is 6.04 Å². The Kier molecular flexibility index (Phi) is 7.69. The molecular formula is C26H33N5O. The molecule has 1 aliphatic heterocycles. The van der Waals surface area contributed by atoms with Crippen LogP contribution in [-0.4, -0.2) is 64.5 Å². The second-order valence-corrected chi connectivity index (χ2v) is 8.37. The van der Waals surface area contributed by atoms with E-state index in [2.05, 4.69) is 80.8 Å². The Morgan fingerprint density at radius 1 is 0.938 bits per heavy atom. The molecule has 168 valence electrons. The zero-order valence-electron chi connectivity index (χ0n) is 18.9. The number of carbonyl (C=O) groups excluding carboxylic acids is 1. The number of aromatic nitrogens is 2. The minimum atomic E-state index is 0.102. The number of aryl methyl sites for hydroxylation is 2. The highest BCUT2D eigenvalue weighted by molar-refractivity contribution is 5.75. The SMILES string of the molecule is Cc1nccn1CCC(=O)NCCN1CCN(C(c2ccccc2)c2ccccc2)CC1. The van der Waals surface area contributed by atoms with Crippen LogP contribution >= 0.6 is 0 Å². The third-order valence-electron chi connectivity index (χ3n) is 6.26. The van der Waals surface area contributed by atoms with Gasteiger partial charge in [-0.1, -0.05) is 60.7 Å². The Hall–Kier alpha value is -2.96. The number of hydrogen-bond acceptors (Lipinski definition) is 4. The standard InChI is InChI=1S/C26H33N5O/c1-22-27-14-17-30(22)15-12-25(32)28-13-16-29-18-20-31(21-19-29)26(23-8-4-2-5-9-23)24-10-6-3-7-11-24/h2-11,14,17,26H,12-13,15-16,18-21H2,1H3,(H,28,32). The topological polar surface area (TPSA) is 53.4 Å². The van der Waals surface area contributed by atoms with Crippen LogP contribution in [0, 0.1) is 6.92 Å².